The molecular weight excluding hydrogens is 306 g/mol. The van der Waals surface area contributed by atoms with Crippen LogP contribution in [0.15, 0.2) is 0 Å². The van der Waals surface area contributed by atoms with E-state index in [1.807, 2.05) is 0 Å². The first-order valence-electron chi connectivity index (χ1n) is 7.78. The Balaban J connectivity index is 1.76. The number of carbonyl (C=O) groups is 2. The van der Waals surface area contributed by atoms with E-state index in [9.17, 15) is 18.0 Å². The second-order valence-electron chi connectivity index (χ2n) is 6.23. The van der Waals surface area contributed by atoms with Crippen LogP contribution in [0.3, 0.4) is 0 Å². The van der Waals surface area contributed by atoms with Gasteiger partial charge in [-0.05, 0) is 25.7 Å². The summed E-state index contributed by atoms with van der Waals surface area (Å²) in [6, 6.07) is 0.121. The average Bonchev–Trinajstić information content (AvgIpc) is 2.47. The molecule has 0 aromatic rings. The van der Waals surface area contributed by atoms with Gasteiger partial charge in [0.05, 0.1) is 6.26 Å². The van der Waals surface area contributed by atoms with E-state index in [-0.39, 0.29) is 23.8 Å². The zero-order valence-corrected chi connectivity index (χ0v) is 14.1. The van der Waals surface area contributed by atoms with E-state index in [2.05, 4.69) is 5.32 Å². The summed E-state index contributed by atoms with van der Waals surface area (Å²) >= 11 is 0. The maximum atomic E-state index is 12.3. The summed E-state index contributed by atoms with van der Waals surface area (Å²) in [7, 11) is -3.15. The molecule has 0 unspecified atom stereocenters. The molecule has 2 aliphatic rings. The van der Waals surface area contributed by atoms with Crippen molar-refractivity contribution >= 4 is 21.8 Å². The number of piperidine rings is 2. The summed E-state index contributed by atoms with van der Waals surface area (Å²) in [4.78, 5) is 25.3. The normalized spacial score (nSPS) is 22.5. The fourth-order valence-electron chi connectivity index (χ4n) is 3.11. The van der Waals surface area contributed by atoms with Gasteiger partial charge < -0.3 is 10.2 Å². The molecule has 0 bridgehead atoms. The summed E-state index contributed by atoms with van der Waals surface area (Å²) < 4.78 is 24.3. The summed E-state index contributed by atoms with van der Waals surface area (Å²) in [5.74, 6) is -0.00353. The van der Waals surface area contributed by atoms with Gasteiger partial charge >= 0.3 is 0 Å². The Bertz CT molecular complexity index is 518. The lowest BCUT2D eigenvalue weighted by atomic mass is 9.96. The van der Waals surface area contributed by atoms with E-state index in [1.165, 1.54) is 10.6 Å². The van der Waals surface area contributed by atoms with Gasteiger partial charge in [0.15, 0.2) is 0 Å². The zero-order chi connectivity index (χ0) is 16.3. The topological polar surface area (TPSA) is 86.8 Å². The smallest absolute Gasteiger partial charge is 0.223 e. The molecule has 2 amide bonds. The average molecular weight is 331 g/mol. The minimum Gasteiger partial charge on any atom is -0.353 e. The Hall–Kier alpha value is -1.15. The molecule has 2 aliphatic heterocycles. The van der Waals surface area contributed by atoms with Crippen LogP contribution in [0, 0.1) is 5.92 Å². The van der Waals surface area contributed by atoms with Crippen LogP contribution in [0.4, 0.5) is 0 Å². The molecule has 0 radical (unpaired) electrons. The van der Waals surface area contributed by atoms with E-state index in [4.69, 9.17) is 0 Å². The number of amides is 2. The van der Waals surface area contributed by atoms with Gasteiger partial charge in [0.2, 0.25) is 21.8 Å². The van der Waals surface area contributed by atoms with Crippen molar-refractivity contribution in [3.63, 3.8) is 0 Å². The Morgan fingerprint density at radius 3 is 2.00 bits per heavy atom. The number of likely N-dealkylation sites (tertiary alicyclic amines) is 1. The lowest BCUT2D eigenvalue weighted by Gasteiger charge is -2.34. The number of carbonyl (C=O) groups excluding carboxylic acids is 2. The Labute approximate surface area is 132 Å². The Morgan fingerprint density at radius 1 is 1.00 bits per heavy atom. The lowest BCUT2D eigenvalue weighted by Crippen LogP contribution is -2.49. The molecule has 2 rings (SSSR count). The van der Waals surface area contributed by atoms with Gasteiger partial charge in [-0.25, -0.2) is 12.7 Å². The molecule has 2 heterocycles. The van der Waals surface area contributed by atoms with Crippen molar-refractivity contribution in [2.75, 3.05) is 32.4 Å². The predicted octanol–water partition coefficient (Wildman–Crippen LogP) is -0.215. The third-order valence-corrected chi connectivity index (χ3v) is 5.88. The van der Waals surface area contributed by atoms with Crippen molar-refractivity contribution in [3.05, 3.63) is 0 Å². The highest BCUT2D eigenvalue weighted by Crippen LogP contribution is 2.20. The first-order chi connectivity index (χ1) is 10.3. The van der Waals surface area contributed by atoms with Crippen LogP contribution in [0.25, 0.3) is 0 Å². The molecule has 126 valence electrons. The Kier molecular flexibility index (Phi) is 5.44. The minimum atomic E-state index is -3.15. The van der Waals surface area contributed by atoms with Gasteiger partial charge in [-0.15, -0.1) is 0 Å². The van der Waals surface area contributed by atoms with E-state index in [0.29, 0.717) is 39.0 Å². The number of rotatable bonds is 3. The summed E-state index contributed by atoms with van der Waals surface area (Å²) in [5, 5.41) is 3.06. The standard InChI is InChI=1S/C14H25N3O4S/c1-11(18)16-7-5-13(6-8-16)15-14(19)12-3-9-17(10-4-12)22(2,20)21/h12-13H,3-10H2,1-2H3,(H,15,19). The molecule has 0 saturated carbocycles. The number of nitrogens with one attached hydrogen (secondary N) is 1. The number of sulfonamides is 1. The second kappa shape index (κ2) is 6.95. The van der Waals surface area contributed by atoms with Crippen molar-refractivity contribution in [1.29, 1.82) is 0 Å². The van der Waals surface area contributed by atoms with Crippen LogP contribution < -0.4 is 5.32 Å². The molecule has 0 aliphatic carbocycles. The molecule has 7 nitrogen and oxygen atoms in total. The summed E-state index contributed by atoms with van der Waals surface area (Å²) in [5.41, 5.74) is 0. The quantitative estimate of drug-likeness (QED) is 0.775. The van der Waals surface area contributed by atoms with E-state index in [0.717, 1.165) is 12.8 Å². The molecule has 0 atom stereocenters. The van der Waals surface area contributed by atoms with E-state index >= 15 is 0 Å². The van der Waals surface area contributed by atoms with Crippen LogP contribution in [0.1, 0.15) is 32.6 Å². The van der Waals surface area contributed by atoms with Crippen molar-refractivity contribution in [2.45, 2.75) is 38.6 Å². The second-order valence-corrected chi connectivity index (χ2v) is 8.21. The molecule has 0 aromatic heterocycles. The molecular formula is C14H25N3O4S. The van der Waals surface area contributed by atoms with E-state index in [1.54, 1.807) is 11.8 Å². The van der Waals surface area contributed by atoms with Crippen molar-refractivity contribution < 1.29 is 18.0 Å². The minimum absolute atomic E-state index is 0.0226. The fraction of sp³-hybridized carbons (Fsp3) is 0.857. The maximum absolute atomic E-state index is 12.3. The summed E-state index contributed by atoms with van der Waals surface area (Å²) in [6.45, 7) is 3.77. The van der Waals surface area contributed by atoms with Gasteiger partial charge in [0, 0.05) is 45.1 Å². The molecule has 0 aromatic carbocycles. The van der Waals surface area contributed by atoms with Gasteiger partial charge in [0.1, 0.15) is 0 Å². The monoisotopic (exact) mass is 331 g/mol. The Morgan fingerprint density at radius 2 is 1.55 bits per heavy atom. The van der Waals surface area contributed by atoms with Gasteiger partial charge in [-0.1, -0.05) is 0 Å². The first kappa shape index (κ1) is 17.2. The third kappa shape index (κ3) is 4.42. The molecule has 1 N–H and O–H groups in total. The van der Waals surface area contributed by atoms with Crippen molar-refractivity contribution in [1.82, 2.24) is 14.5 Å². The number of hydrogen-bond acceptors (Lipinski definition) is 4. The van der Waals surface area contributed by atoms with Crippen molar-refractivity contribution in [2.24, 2.45) is 5.92 Å². The summed E-state index contributed by atoms with van der Waals surface area (Å²) in [6.07, 6.45) is 3.92. The number of hydrogen-bond donors (Lipinski definition) is 1. The van der Waals surface area contributed by atoms with Crippen LogP contribution >= 0.6 is 0 Å². The van der Waals surface area contributed by atoms with Crippen LogP contribution in [-0.4, -0.2) is 67.9 Å². The van der Waals surface area contributed by atoms with E-state index < -0.39 is 10.0 Å². The number of nitrogens with zero attached hydrogens (tertiary/aromatic N) is 2. The SMILES string of the molecule is CC(=O)N1CCC(NC(=O)C2CCN(S(C)(=O)=O)CC2)CC1. The molecule has 8 heteroatoms. The largest absolute Gasteiger partial charge is 0.353 e. The van der Waals surface area contributed by atoms with Crippen LogP contribution in [0.2, 0.25) is 0 Å². The van der Waals surface area contributed by atoms with Crippen LogP contribution in [-0.2, 0) is 19.6 Å². The molecule has 2 fully saturated rings. The third-order valence-electron chi connectivity index (χ3n) is 4.58. The highest BCUT2D eigenvalue weighted by Gasteiger charge is 2.30. The molecule has 2 saturated heterocycles. The highest BCUT2D eigenvalue weighted by atomic mass is 32.2. The zero-order valence-electron chi connectivity index (χ0n) is 13.2. The molecule has 0 spiro atoms. The maximum Gasteiger partial charge on any atom is 0.223 e. The molecule has 22 heavy (non-hydrogen) atoms. The lowest BCUT2D eigenvalue weighted by molar-refractivity contribution is -0.130. The van der Waals surface area contributed by atoms with Crippen molar-refractivity contribution in [3.8, 4) is 0 Å². The van der Waals surface area contributed by atoms with Gasteiger partial charge in [-0.2, -0.15) is 0 Å². The van der Waals surface area contributed by atoms with Crippen LogP contribution in [0.5, 0.6) is 0 Å². The first-order valence-corrected chi connectivity index (χ1v) is 9.63. The predicted molar refractivity (Wildman–Crippen MR) is 82.6 cm³/mol. The highest BCUT2D eigenvalue weighted by molar-refractivity contribution is 7.88. The fourth-order valence-corrected chi connectivity index (χ4v) is 3.98. The van der Waals surface area contributed by atoms with Gasteiger partial charge in [-0.3, -0.25) is 9.59 Å². The van der Waals surface area contributed by atoms with Gasteiger partial charge in [0.25, 0.3) is 0 Å².